The molecule has 3 amide bonds. The van der Waals surface area contributed by atoms with Crippen molar-refractivity contribution in [1.29, 1.82) is 0 Å². The molecule has 18 heavy (non-hydrogen) atoms. The van der Waals surface area contributed by atoms with Gasteiger partial charge in [-0.15, -0.1) is 0 Å². The Kier molecular flexibility index (Phi) is 3.01. The Morgan fingerprint density at radius 3 is 2.56 bits per heavy atom. The van der Waals surface area contributed by atoms with E-state index in [1.807, 2.05) is 0 Å². The number of nitrogens with zero attached hydrogens (tertiary/aromatic N) is 1. The van der Waals surface area contributed by atoms with Gasteiger partial charge in [0.15, 0.2) is 0 Å². The molecule has 1 aromatic carbocycles. The van der Waals surface area contributed by atoms with Crippen LogP contribution in [0.2, 0.25) is 0 Å². The molecule has 6 nitrogen and oxygen atoms in total. The van der Waals surface area contributed by atoms with Crippen molar-refractivity contribution in [2.24, 2.45) is 17.4 Å². The summed E-state index contributed by atoms with van der Waals surface area (Å²) < 4.78 is 0. The summed E-state index contributed by atoms with van der Waals surface area (Å²) in [6.07, 6.45) is 0.107. The Morgan fingerprint density at radius 1 is 1.28 bits per heavy atom. The Labute approximate surface area is 104 Å². The van der Waals surface area contributed by atoms with Gasteiger partial charge >= 0.3 is 0 Å². The maximum atomic E-state index is 11.8. The van der Waals surface area contributed by atoms with E-state index in [-0.39, 0.29) is 18.9 Å². The van der Waals surface area contributed by atoms with Crippen LogP contribution in [0.4, 0.5) is 5.69 Å². The van der Waals surface area contributed by atoms with Crippen molar-refractivity contribution >= 4 is 23.4 Å². The number of carbonyl (C=O) groups is 3. The number of benzene rings is 1. The lowest BCUT2D eigenvalue weighted by Crippen LogP contribution is -2.28. The molecule has 0 bridgehead atoms. The van der Waals surface area contributed by atoms with E-state index < -0.39 is 17.7 Å². The van der Waals surface area contributed by atoms with Crippen molar-refractivity contribution in [3.63, 3.8) is 0 Å². The second-order valence-electron chi connectivity index (χ2n) is 4.22. The minimum atomic E-state index is -0.560. The highest BCUT2D eigenvalue weighted by molar-refractivity contribution is 6.01. The first-order valence-electron chi connectivity index (χ1n) is 5.48. The summed E-state index contributed by atoms with van der Waals surface area (Å²) >= 11 is 0. The Bertz CT molecular complexity index is 527. The van der Waals surface area contributed by atoms with Crippen LogP contribution in [0.5, 0.6) is 0 Å². The predicted octanol–water partition coefficient (Wildman–Crippen LogP) is -0.376. The van der Waals surface area contributed by atoms with Crippen molar-refractivity contribution in [1.82, 2.24) is 0 Å². The summed E-state index contributed by atoms with van der Waals surface area (Å²) in [6.45, 7) is 0.246. The zero-order valence-electron chi connectivity index (χ0n) is 9.63. The van der Waals surface area contributed by atoms with E-state index in [4.69, 9.17) is 11.5 Å². The van der Waals surface area contributed by atoms with Crippen LogP contribution in [0.15, 0.2) is 24.3 Å². The molecule has 1 atom stereocenters. The summed E-state index contributed by atoms with van der Waals surface area (Å²) in [5, 5.41) is 0. The predicted molar refractivity (Wildman–Crippen MR) is 64.6 cm³/mol. The van der Waals surface area contributed by atoms with Gasteiger partial charge in [0.25, 0.3) is 0 Å². The molecule has 0 saturated carbocycles. The van der Waals surface area contributed by atoms with Crippen LogP contribution < -0.4 is 16.4 Å². The third-order valence-corrected chi connectivity index (χ3v) is 2.97. The van der Waals surface area contributed by atoms with Crippen molar-refractivity contribution in [2.75, 3.05) is 11.4 Å². The lowest BCUT2D eigenvalue weighted by atomic mass is 10.1. The molecular weight excluding hydrogens is 234 g/mol. The summed E-state index contributed by atoms with van der Waals surface area (Å²) in [5.74, 6) is -1.71. The monoisotopic (exact) mass is 247 g/mol. The Balaban J connectivity index is 2.27. The van der Waals surface area contributed by atoms with Crippen molar-refractivity contribution in [3.05, 3.63) is 29.8 Å². The van der Waals surface area contributed by atoms with Crippen LogP contribution in [0.3, 0.4) is 0 Å². The molecule has 6 heteroatoms. The van der Waals surface area contributed by atoms with Crippen LogP contribution >= 0.6 is 0 Å². The standard InChI is InChI=1S/C12H13N3O3/c13-11(17)7-2-1-3-9(4-7)15-6-8(12(14)18)5-10(15)16/h1-4,8H,5-6H2,(H2,13,17)(H2,14,18). The van der Waals surface area contributed by atoms with E-state index in [1.165, 1.54) is 11.0 Å². The van der Waals surface area contributed by atoms with Crippen LogP contribution in [-0.2, 0) is 9.59 Å². The van der Waals surface area contributed by atoms with Gasteiger partial charge in [0, 0.05) is 24.2 Å². The zero-order chi connectivity index (χ0) is 13.3. The fourth-order valence-electron chi connectivity index (χ4n) is 1.97. The molecule has 1 aliphatic heterocycles. The normalized spacial score (nSPS) is 19.0. The third kappa shape index (κ3) is 2.17. The number of anilines is 1. The van der Waals surface area contributed by atoms with Crippen molar-refractivity contribution in [3.8, 4) is 0 Å². The average Bonchev–Trinajstić information content (AvgIpc) is 2.72. The molecule has 94 valence electrons. The van der Waals surface area contributed by atoms with Crippen molar-refractivity contribution in [2.45, 2.75) is 6.42 Å². The van der Waals surface area contributed by atoms with Crippen LogP contribution in [0.1, 0.15) is 16.8 Å². The molecule has 1 unspecified atom stereocenters. The molecule has 1 fully saturated rings. The number of hydrogen-bond donors (Lipinski definition) is 2. The van der Waals surface area contributed by atoms with E-state index in [0.717, 1.165) is 0 Å². The summed E-state index contributed by atoms with van der Waals surface area (Å²) in [5.41, 5.74) is 11.2. The van der Waals surface area contributed by atoms with Crippen LogP contribution in [0.25, 0.3) is 0 Å². The fraction of sp³-hybridized carbons (Fsp3) is 0.250. The van der Waals surface area contributed by atoms with Gasteiger partial charge < -0.3 is 16.4 Å². The van der Waals surface area contributed by atoms with Gasteiger partial charge in [0.05, 0.1) is 5.92 Å². The first-order chi connectivity index (χ1) is 8.49. The molecule has 1 heterocycles. The van der Waals surface area contributed by atoms with E-state index in [0.29, 0.717) is 11.3 Å². The van der Waals surface area contributed by atoms with Crippen LogP contribution in [0, 0.1) is 5.92 Å². The smallest absolute Gasteiger partial charge is 0.248 e. The zero-order valence-corrected chi connectivity index (χ0v) is 9.63. The highest BCUT2D eigenvalue weighted by atomic mass is 16.2. The number of amides is 3. The van der Waals surface area contributed by atoms with E-state index in [9.17, 15) is 14.4 Å². The molecule has 1 aliphatic rings. The lowest BCUT2D eigenvalue weighted by molar-refractivity contribution is -0.123. The van der Waals surface area contributed by atoms with Gasteiger partial charge in [0.2, 0.25) is 17.7 Å². The number of primary amides is 2. The first-order valence-corrected chi connectivity index (χ1v) is 5.48. The van der Waals surface area contributed by atoms with Gasteiger partial charge in [0.1, 0.15) is 0 Å². The summed E-state index contributed by atoms with van der Waals surface area (Å²) in [4.78, 5) is 35.4. The maximum Gasteiger partial charge on any atom is 0.248 e. The molecule has 2 rings (SSSR count). The van der Waals surface area contributed by atoms with E-state index >= 15 is 0 Å². The minimum Gasteiger partial charge on any atom is -0.369 e. The topological polar surface area (TPSA) is 106 Å². The summed E-state index contributed by atoms with van der Waals surface area (Å²) in [7, 11) is 0. The van der Waals surface area contributed by atoms with Gasteiger partial charge in [-0.05, 0) is 18.2 Å². The van der Waals surface area contributed by atoms with Gasteiger partial charge in [-0.2, -0.15) is 0 Å². The molecule has 0 aliphatic carbocycles. The Hall–Kier alpha value is -2.37. The van der Waals surface area contributed by atoms with Gasteiger partial charge in [-0.3, -0.25) is 14.4 Å². The van der Waals surface area contributed by atoms with E-state index in [2.05, 4.69) is 0 Å². The minimum absolute atomic E-state index is 0.107. The highest BCUT2D eigenvalue weighted by Gasteiger charge is 2.33. The van der Waals surface area contributed by atoms with Gasteiger partial charge in [-0.25, -0.2) is 0 Å². The molecule has 1 saturated heterocycles. The molecule has 0 spiro atoms. The second-order valence-corrected chi connectivity index (χ2v) is 4.22. The second kappa shape index (κ2) is 4.48. The van der Waals surface area contributed by atoms with Gasteiger partial charge in [-0.1, -0.05) is 6.07 Å². The highest BCUT2D eigenvalue weighted by Crippen LogP contribution is 2.25. The first kappa shape index (κ1) is 12.1. The molecular formula is C12H13N3O3. The SMILES string of the molecule is NC(=O)c1cccc(N2CC(C(N)=O)CC2=O)c1. The van der Waals surface area contributed by atoms with Crippen molar-refractivity contribution < 1.29 is 14.4 Å². The summed E-state index contributed by atoms with van der Waals surface area (Å²) in [6, 6.07) is 6.43. The largest absolute Gasteiger partial charge is 0.369 e. The Morgan fingerprint density at radius 2 is 2.00 bits per heavy atom. The molecule has 4 N–H and O–H groups in total. The lowest BCUT2D eigenvalue weighted by Gasteiger charge is -2.16. The molecule has 1 aromatic rings. The van der Waals surface area contributed by atoms with Crippen LogP contribution in [-0.4, -0.2) is 24.3 Å². The molecule has 0 radical (unpaired) electrons. The number of rotatable bonds is 3. The van der Waals surface area contributed by atoms with E-state index in [1.54, 1.807) is 18.2 Å². The average molecular weight is 247 g/mol. The third-order valence-electron chi connectivity index (χ3n) is 2.97. The number of nitrogens with two attached hydrogens (primary N) is 2. The fourth-order valence-corrected chi connectivity index (χ4v) is 1.97. The quantitative estimate of drug-likeness (QED) is 0.760. The number of hydrogen-bond acceptors (Lipinski definition) is 3. The maximum absolute atomic E-state index is 11.8. The number of carbonyl (C=O) groups excluding carboxylic acids is 3. The molecule has 0 aromatic heterocycles.